The van der Waals surface area contributed by atoms with Crippen molar-refractivity contribution >= 4 is 0 Å². The minimum atomic E-state index is 0.298. The van der Waals surface area contributed by atoms with Crippen molar-refractivity contribution in [3.8, 4) is 6.07 Å². The van der Waals surface area contributed by atoms with Crippen LogP contribution in [-0.4, -0.2) is 36.2 Å². The van der Waals surface area contributed by atoms with E-state index in [1.54, 1.807) is 0 Å². The average Bonchev–Trinajstić information content (AvgIpc) is 2.12. The van der Waals surface area contributed by atoms with Crippen LogP contribution in [0.15, 0.2) is 0 Å². The molecule has 0 aromatic rings. The standard InChI is InChI=1S/C11H20N2O/c1-4-11(5-6-12)13-7-9(2)14-10(3)8-13/h9-11H,4-5,7-8H2,1-3H3/t9-,10+,11?. The molecule has 3 atom stereocenters. The Bertz CT molecular complexity index is 202. The summed E-state index contributed by atoms with van der Waals surface area (Å²) in [5.41, 5.74) is 0. The summed E-state index contributed by atoms with van der Waals surface area (Å²) < 4.78 is 5.66. The lowest BCUT2D eigenvalue weighted by Gasteiger charge is -2.39. The molecule has 1 unspecified atom stereocenters. The van der Waals surface area contributed by atoms with Crippen molar-refractivity contribution in [1.82, 2.24) is 4.90 Å². The molecule has 3 heteroatoms. The topological polar surface area (TPSA) is 36.3 Å². The maximum absolute atomic E-state index is 8.72. The third kappa shape index (κ3) is 2.97. The molecule has 3 nitrogen and oxygen atoms in total. The van der Waals surface area contributed by atoms with Gasteiger partial charge in [0.2, 0.25) is 0 Å². The van der Waals surface area contributed by atoms with Gasteiger partial charge in [-0.2, -0.15) is 5.26 Å². The molecule has 0 amide bonds. The summed E-state index contributed by atoms with van der Waals surface area (Å²) in [5, 5.41) is 8.72. The van der Waals surface area contributed by atoms with Gasteiger partial charge >= 0.3 is 0 Å². The maximum atomic E-state index is 8.72. The van der Waals surface area contributed by atoms with E-state index in [1.165, 1.54) is 0 Å². The molecule has 0 aromatic heterocycles. The van der Waals surface area contributed by atoms with E-state index in [-0.39, 0.29) is 0 Å². The molecule has 1 aliphatic heterocycles. The monoisotopic (exact) mass is 196 g/mol. The highest BCUT2D eigenvalue weighted by atomic mass is 16.5. The van der Waals surface area contributed by atoms with Crippen molar-refractivity contribution < 1.29 is 4.74 Å². The molecule has 1 fully saturated rings. The Morgan fingerprint density at radius 1 is 1.43 bits per heavy atom. The summed E-state index contributed by atoms with van der Waals surface area (Å²) in [5.74, 6) is 0. The second kappa shape index (κ2) is 5.33. The first-order valence-corrected chi connectivity index (χ1v) is 5.43. The molecule has 0 spiro atoms. The van der Waals surface area contributed by atoms with E-state index in [1.807, 2.05) is 0 Å². The first kappa shape index (κ1) is 11.5. The number of rotatable bonds is 3. The van der Waals surface area contributed by atoms with Crippen LogP contribution in [0.25, 0.3) is 0 Å². The van der Waals surface area contributed by atoms with Crippen LogP contribution in [0, 0.1) is 11.3 Å². The van der Waals surface area contributed by atoms with Crippen LogP contribution < -0.4 is 0 Å². The lowest BCUT2D eigenvalue weighted by molar-refractivity contribution is -0.0802. The zero-order chi connectivity index (χ0) is 10.6. The molecule has 1 saturated heterocycles. The summed E-state index contributed by atoms with van der Waals surface area (Å²) in [6.45, 7) is 8.27. The predicted molar refractivity (Wildman–Crippen MR) is 55.9 cm³/mol. The number of hydrogen-bond donors (Lipinski definition) is 0. The van der Waals surface area contributed by atoms with E-state index in [2.05, 4.69) is 31.7 Å². The Hall–Kier alpha value is -0.590. The first-order valence-electron chi connectivity index (χ1n) is 5.43. The quantitative estimate of drug-likeness (QED) is 0.690. The molecular formula is C11H20N2O. The van der Waals surface area contributed by atoms with Crippen molar-refractivity contribution in [2.75, 3.05) is 13.1 Å². The van der Waals surface area contributed by atoms with E-state index >= 15 is 0 Å². The number of nitrogens with zero attached hydrogens (tertiary/aromatic N) is 2. The summed E-state index contributed by atoms with van der Waals surface area (Å²) in [6, 6.07) is 2.67. The van der Waals surface area contributed by atoms with Crippen LogP contribution in [0.5, 0.6) is 0 Å². The zero-order valence-corrected chi connectivity index (χ0v) is 9.36. The molecule has 0 aromatic carbocycles. The van der Waals surface area contributed by atoms with Crippen LogP contribution in [0.2, 0.25) is 0 Å². The number of ether oxygens (including phenoxy) is 1. The van der Waals surface area contributed by atoms with Crippen molar-refractivity contribution in [3.05, 3.63) is 0 Å². The van der Waals surface area contributed by atoms with E-state index < -0.39 is 0 Å². The van der Waals surface area contributed by atoms with Gasteiger partial charge in [0, 0.05) is 19.1 Å². The van der Waals surface area contributed by atoms with Crippen molar-refractivity contribution in [2.24, 2.45) is 0 Å². The van der Waals surface area contributed by atoms with Crippen LogP contribution in [0.4, 0.5) is 0 Å². The maximum Gasteiger partial charge on any atom is 0.0678 e. The molecular weight excluding hydrogens is 176 g/mol. The average molecular weight is 196 g/mol. The molecule has 0 aliphatic carbocycles. The smallest absolute Gasteiger partial charge is 0.0678 e. The van der Waals surface area contributed by atoms with Gasteiger partial charge in [-0.05, 0) is 20.3 Å². The fourth-order valence-electron chi connectivity index (χ4n) is 2.15. The highest BCUT2D eigenvalue weighted by Crippen LogP contribution is 2.16. The zero-order valence-electron chi connectivity index (χ0n) is 9.36. The Kier molecular flexibility index (Phi) is 4.37. The molecule has 1 heterocycles. The van der Waals surface area contributed by atoms with Gasteiger partial charge in [0.25, 0.3) is 0 Å². The number of nitriles is 1. The minimum absolute atomic E-state index is 0.298. The van der Waals surface area contributed by atoms with E-state index in [0.717, 1.165) is 19.5 Å². The summed E-state index contributed by atoms with van der Waals surface area (Å²) in [6.07, 6.45) is 2.28. The van der Waals surface area contributed by atoms with Crippen molar-refractivity contribution in [1.29, 1.82) is 5.26 Å². The molecule has 0 bridgehead atoms. The Morgan fingerprint density at radius 3 is 2.43 bits per heavy atom. The van der Waals surface area contributed by atoms with E-state index in [0.29, 0.717) is 24.7 Å². The molecule has 0 radical (unpaired) electrons. The van der Waals surface area contributed by atoms with Crippen LogP contribution >= 0.6 is 0 Å². The number of hydrogen-bond acceptors (Lipinski definition) is 3. The molecule has 1 aliphatic rings. The highest BCUT2D eigenvalue weighted by molar-refractivity contribution is 4.85. The third-order valence-corrected chi connectivity index (χ3v) is 2.76. The van der Waals surface area contributed by atoms with Gasteiger partial charge in [0.1, 0.15) is 0 Å². The SMILES string of the molecule is CCC(CC#N)N1C[C@@H](C)O[C@@H](C)C1. The molecule has 14 heavy (non-hydrogen) atoms. The van der Waals surface area contributed by atoms with Gasteiger partial charge in [-0.15, -0.1) is 0 Å². The largest absolute Gasteiger partial charge is 0.373 e. The minimum Gasteiger partial charge on any atom is -0.373 e. The van der Waals surface area contributed by atoms with Crippen LogP contribution in [-0.2, 0) is 4.74 Å². The molecule has 80 valence electrons. The van der Waals surface area contributed by atoms with Gasteiger partial charge in [0.05, 0.1) is 24.7 Å². The van der Waals surface area contributed by atoms with Gasteiger partial charge in [-0.3, -0.25) is 4.90 Å². The molecule has 1 rings (SSSR count). The van der Waals surface area contributed by atoms with E-state index in [4.69, 9.17) is 10.00 Å². The van der Waals surface area contributed by atoms with E-state index in [9.17, 15) is 0 Å². The summed E-state index contributed by atoms with van der Waals surface area (Å²) >= 11 is 0. The second-order valence-corrected chi connectivity index (χ2v) is 4.14. The van der Waals surface area contributed by atoms with Gasteiger partial charge in [-0.25, -0.2) is 0 Å². The Labute approximate surface area is 86.6 Å². The van der Waals surface area contributed by atoms with Crippen molar-refractivity contribution in [3.63, 3.8) is 0 Å². The highest BCUT2D eigenvalue weighted by Gasteiger charge is 2.26. The summed E-state index contributed by atoms with van der Waals surface area (Å²) in [4.78, 5) is 2.39. The molecule has 0 N–H and O–H groups in total. The fourth-order valence-corrected chi connectivity index (χ4v) is 2.15. The third-order valence-electron chi connectivity index (χ3n) is 2.76. The molecule has 0 saturated carbocycles. The van der Waals surface area contributed by atoms with Crippen molar-refractivity contribution in [2.45, 2.75) is 51.9 Å². The normalized spacial score (nSPS) is 31.0. The Morgan fingerprint density at radius 2 is 2.00 bits per heavy atom. The second-order valence-electron chi connectivity index (χ2n) is 4.14. The lowest BCUT2D eigenvalue weighted by atomic mass is 10.1. The summed E-state index contributed by atoms with van der Waals surface area (Å²) in [7, 11) is 0. The first-order chi connectivity index (χ1) is 6.67. The van der Waals surface area contributed by atoms with Crippen LogP contribution in [0.1, 0.15) is 33.6 Å². The van der Waals surface area contributed by atoms with Gasteiger partial charge < -0.3 is 4.74 Å². The Balaban J connectivity index is 2.52. The van der Waals surface area contributed by atoms with Gasteiger partial charge in [-0.1, -0.05) is 6.92 Å². The van der Waals surface area contributed by atoms with Crippen LogP contribution in [0.3, 0.4) is 0 Å². The van der Waals surface area contributed by atoms with Gasteiger partial charge in [0.15, 0.2) is 0 Å². The fraction of sp³-hybridized carbons (Fsp3) is 0.909. The lowest BCUT2D eigenvalue weighted by Crippen LogP contribution is -2.49. The number of morpholine rings is 1. The predicted octanol–water partition coefficient (Wildman–Crippen LogP) is 1.79.